The van der Waals surface area contributed by atoms with Crippen molar-refractivity contribution in [2.24, 2.45) is 5.41 Å². The standard InChI is InChI=1S/C10H18N2O/c1-10(2)6-5-8(10)12-9(13)11-7-3-4-7/h7-8H,3-6H2,1-2H3,(H2,11,12,13). The summed E-state index contributed by atoms with van der Waals surface area (Å²) >= 11 is 0. The van der Waals surface area contributed by atoms with Crippen LogP contribution in [0.15, 0.2) is 0 Å². The fourth-order valence-electron chi connectivity index (χ4n) is 1.75. The van der Waals surface area contributed by atoms with Crippen LogP contribution in [0.4, 0.5) is 4.79 Å². The zero-order valence-electron chi connectivity index (χ0n) is 8.39. The van der Waals surface area contributed by atoms with Gasteiger partial charge in [-0.3, -0.25) is 0 Å². The maximum absolute atomic E-state index is 11.4. The third-order valence-corrected chi connectivity index (χ3v) is 3.24. The molecule has 2 rings (SSSR count). The summed E-state index contributed by atoms with van der Waals surface area (Å²) in [4.78, 5) is 11.4. The molecule has 2 aliphatic rings. The van der Waals surface area contributed by atoms with Crippen molar-refractivity contribution in [3.05, 3.63) is 0 Å². The number of amides is 2. The van der Waals surface area contributed by atoms with E-state index in [1.165, 1.54) is 6.42 Å². The summed E-state index contributed by atoms with van der Waals surface area (Å²) in [7, 11) is 0. The molecule has 2 N–H and O–H groups in total. The first-order valence-electron chi connectivity index (χ1n) is 5.15. The molecular weight excluding hydrogens is 164 g/mol. The van der Waals surface area contributed by atoms with Gasteiger partial charge in [0.1, 0.15) is 0 Å². The van der Waals surface area contributed by atoms with Crippen molar-refractivity contribution in [1.29, 1.82) is 0 Å². The van der Waals surface area contributed by atoms with Crippen LogP contribution < -0.4 is 10.6 Å². The van der Waals surface area contributed by atoms with Gasteiger partial charge in [0.25, 0.3) is 0 Å². The molecule has 2 fully saturated rings. The first-order valence-corrected chi connectivity index (χ1v) is 5.15. The van der Waals surface area contributed by atoms with Gasteiger partial charge in [-0.2, -0.15) is 0 Å². The summed E-state index contributed by atoms with van der Waals surface area (Å²) in [5, 5.41) is 5.97. The van der Waals surface area contributed by atoms with E-state index in [-0.39, 0.29) is 6.03 Å². The Morgan fingerprint density at radius 3 is 2.31 bits per heavy atom. The fourth-order valence-corrected chi connectivity index (χ4v) is 1.75. The Morgan fingerprint density at radius 1 is 1.23 bits per heavy atom. The molecule has 2 aliphatic carbocycles. The van der Waals surface area contributed by atoms with Crippen molar-refractivity contribution in [3.63, 3.8) is 0 Å². The first kappa shape index (κ1) is 8.85. The van der Waals surface area contributed by atoms with Crippen LogP contribution in [0.3, 0.4) is 0 Å². The van der Waals surface area contributed by atoms with Crippen LogP contribution in [0.25, 0.3) is 0 Å². The van der Waals surface area contributed by atoms with Crippen LogP contribution in [-0.4, -0.2) is 18.1 Å². The van der Waals surface area contributed by atoms with Gasteiger partial charge < -0.3 is 10.6 Å². The van der Waals surface area contributed by atoms with Crippen LogP contribution in [0, 0.1) is 5.41 Å². The quantitative estimate of drug-likeness (QED) is 0.669. The molecule has 2 amide bonds. The van der Waals surface area contributed by atoms with E-state index >= 15 is 0 Å². The fraction of sp³-hybridized carbons (Fsp3) is 0.900. The van der Waals surface area contributed by atoms with Crippen molar-refractivity contribution < 1.29 is 4.79 Å². The van der Waals surface area contributed by atoms with Crippen LogP contribution in [0.5, 0.6) is 0 Å². The number of nitrogens with one attached hydrogen (secondary N) is 2. The topological polar surface area (TPSA) is 41.1 Å². The molecule has 0 bridgehead atoms. The van der Waals surface area contributed by atoms with E-state index in [1.54, 1.807) is 0 Å². The van der Waals surface area contributed by atoms with Crippen LogP contribution in [-0.2, 0) is 0 Å². The SMILES string of the molecule is CC1(C)CCC1NC(=O)NC1CC1. The molecule has 0 aromatic carbocycles. The van der Waals surface area contributed by atoms with Gasteiger partial charge in [-0.05, 0) is 31.1 Å². The molecule has 3 nitrogen and oxygen atoms in total. The first-order chi connectivity index (χ1) is 6.08. The lowest BCUT2D eigenvalue weighted by Crippen LogP contribution is -2.54. The van der Waals surface area contributed by atoms with E-state index in [1.807, 2.05) is 0 Å². The average Bonchev–Trinajstić information content (AvgIpc) is 2.82. The smallest absolute Gasteiger partial charge is 0.315 e. The molecule has 0 saturated heterocycles. The van der Waals surface area contributed by atoms with Crippen molar-refractivity contribution in [3.8, 4) is 0 Å². The molecule has 0 aliphatic heterocycles. The lowest BCUT2D eigenvalue weighted by Gasteiger charge is -2.44. The minimum atomic E-state index is 0.0280. The Labute approximate surface area is 79.3 Å². The maximum atomic E-state index is 11.4. The van der Waals surface area contributed by atoms with E-state index < -0.39 is 0 Å². The molecule has 1 atom stereocenters. The van der Waals surface area contributed by atoms with Crippen LogP contribution >= 0.6 is 0 Å². The molecule has 0 radical (unpaired) electrons. The lowest BCUT2D eigenvalue weighted by molar-refractivity contribution is 0.114. The van der Waals surface area contributed by atoms with Crippen molar-refractivity contribution in [2.75, 3.05) is 0 Å². The third kappa shape index (κ3) is 1.95. The molecule has 0 aromatic rings. The molecular formula is C10H18N2O. The van der Waals surface area contributed by atoms with Gasteiger partial charge in [-0.25, -0.2) is 4.79 Å². The van der Waals surface area contributed by atoms with Gasteiger partial charge in [0.05, 0.1) is 0 Å². The molecule has 74 valence electrons. The number of urea groups is 1. The summed E-state index contributed by atoms with van der Waals surface area (Å²) in [6, 6.07) is 0.870. The van der Waals surface area contributed by atoms with E-state index in [0.29, 0.717) is 17.5 Å². The molecule has 0 heterocycles. The summed E-state index contributed by atoms with van der Waals surface area (Å²) in [5.74, 6) is 0. The van der Waals surface area contributed by atoms with Crippen molar-refractivity contribution >= 4 is 6.03 Å². The van der Waals surface area contributed by atoms with Gasteiger partial charge in [0, 0.05) is 12.1 Å². The molecule has 0 spiro atoms. The molecule has 3 heteroatoms. The number of hydrogen-bond donors (Lipinski definition) is 2. The maximum Gasteiger partial charge on any atom is 0.315 e. The predicted molar refractivity (Wildman–Crippen MR) is 51.5 cm³/mol. The second kappa shape index (κ2) is 2.89. The minimum Gasteiger partial charge on any atom is -0.335 e. The van der Waals surface area contributed by atoms with E-state index in [2.05, 4.69) is 24.5 Å². The number of rotatable bonds is 2. The normalized spacial score (nSPS) is 30.5. The zero-order valence-corrected chi connectivity index (χ0v) is 8.39. The van der Waals surface area contributed by atoms with Crippen LogP contribution in [0.1, 0.15) is 39.5 Å². The Morgan fingerprint density at radius 2 is 1.92 bits per heavy atom. The summed E-state index contributed by atoms with van der Waals surface area (Å²) in [5.41, 5.74) is 0.306. The van der Waals surface area contributed by atoms with Crippen LogP contribution in [0.2, 0.25) is 0 Å². The Bertz CT molecular complexity index is 221. The van der Waals surface area contributed by atoms with Gasteiger partial charge in [-0.15, -0.1) is 0 Å². The Balaban J connectivity index is 1.74. The highest BCUT2D eigenvalue weighted by atomic mass is 16.2. The molecule has 13 heavy (non-hydrogen) atoms. The summed E-state index contributed by atoms with van der Waals surface area (Å²) in [6.07, 6.45) is 4.66. The van der Waals surface area contributed by atoms with E-state index in [9.17, 15) is 4.79 Å². The van der Waals surface area contributed by atoms with Gasteiger partial charge >= 0.3 is 6.03 Å². The average molecular weight is 182 g/mol. The molecule has 2 saturated carbocycles. The summed E-state index contributed by atoms with van der Waals surface area (Å²) < 4.78 is 0. The molecule has 1 unspecified atom stereocenters. The number of hydrogen-bond acceptors (Lipinski definition) is 1. The van der Waals surface area contributed by atoms with Crippen molar-refractivity contribution in [1.82, 2.24) is 10.6 Å². The third-order valence-electron chi connectivity index (χ3n) is 3.24. The number of carbonyl (C=O) groups excluding carboxylic acids is 1. The van der Waals surface area contributed by atoms with E-state index in [4.69, 9.17) is 0 Å². The summed E-state index contributed by atoms with van der Waals surface area (Å²) in [6.45, 7) is 4.41. The van der Waals surface area contributed by atoms with E-state index in [0.717, 1.165) is 19.3 Å². The number of carbonyl (C=O) groups is 1. The largest absolute Gasteiger partial charge is 0.335 e. The second-order valence-electron chi connectivity index (χ2n) is 4.97. The zero-order chi connectivity index (χ0) is 9.47. The molecule has 0 aromatic heterocycles. The highest BCUT2D eigenvalue weighted by Crippen LogP contribution is 2.39. The highest BCUT2D eigenvalue weighted by molar-refractivity contribution is 5.75. The van der Waals surface area contributed by atoms with Gasteiger partial charge in [0.2, 0.25) is 0 Å². The highest BCUT2D eigenvalue weighted by Gasteiger charge is 2.39. The predicted octanol–water partition coefficient (Wildman–Crippen LogP) is 1.64. The minimum absolute atomic E-state index is 0.0280. The van der Waals surface area contributed by atoms with Crippen molar-refractivity contribution in [2.45, 2.75) is 51.6 Å². The Hall–Kier alpha value is -0.730. The lowest BCUT2D eigenvalue weighted by atomic mass is 9.67. The van der Waals surface area contributed by atoms with Gasteiger partial charge in [0.15, 0.2) is 0 Å². The van der Waals surface area contributed by atoms with Gasteiger partial charge in [-0.1, -0.05) is 13.8 Å². The monoisotopic (exact) mass is 182 g/mol. The second-order valence-corrected chi connectivity index (χ2v) is 4.97. The Kier molecular flexibility index (Phi) is 1.97.